The van der Waals surface area contributed by atoms with Crippen LogP contribution in [0.15, 0.2) is 0 Å². The van der Waals surface area contributed by atoms with E-state index in [1.165, 1.54) is 7.11 Å². The van der Waals surface area contributed by atoms with Gasteiger partial charge in [0.1, 0.15) is 5.69 Å². The van der Waals surface area contributed by atoms with Gasteiger partial charge in [0.2, 0.25) is 0 Å². The molecule has 0 aromatic carbocycles. The average molecular weight is 251 g/mol. The van der Waals surface area contributed by atoms with Crippen molar-refractivity contribution in [3.05, 3.63) is 22.5 Å². The zero-order chi connectivity index (χ0) is 13.5. The fourth-order valence-electron chi connectivity index (χ4n) is 2.76. The molecule has 100 valence electrons. The van der Waals surface area contributed by atoms with Crippen LogP contribution in [0.2, 0.25) is 0 Å². The lowest BCUT2D eigenvalue weighted by molar-refractivity contribution is 0.0306. The SMILES string of the molecule is CCc1c(C(=O)OC)[nH]c2c1CCC(C)(C)C2O. The van der Waals surface area contributed by atoms with Gasteiger partial charge in [-0.25, -0.2) is 4.79 Å². The monoisotopic (exact) mass is 251 g/mol. The number of aliphatic hydroxyl groups is 1. The fourth-order valence-corrected chi connectivity index (χ4v) is 2.76. The first kappa shape index (κ1) is 13.1. The van der Waals surface area contributed by atoms with Gasteiger partial charge in [-0.3, -0.25) is 0 Å². The van der Waals surface area contributed by atoms with Crippen LogP contribution in [0.25, 0.3) is 0 Å². The molecule has 2 N–H and O–H groups in total. The Morgan fingerprint density at radius 3 is 2.78 bits per heavy atom. The van der Waals surface area contributed by atoms with Gasteiger partial charge in [0.25, 0.3) is 0 Å². The Morgan fingerprint density at radius 1 is 1.56 bits per heavy atom. The Labute approximate surface area is 107 Å². The maximum atomic E-state index is 11.7. The second-order valence-corrected chi connectivity index (χ2v) is 5.61. The summed E-state index contributed by atoms with van der Waals surface area (Å²) in [7, 11) is 1.38. The van der Waals surface area contributed by atoms with Gasteiger partial charge in [0, 0.05) is 5.69 Å². The molecule has 0 spiro atoms. The van der Waals surface area contributed by atoms with Crippen molar-refractivity contribution in [1.82, 2.24) is 4.98 Å². The number of carbonyl (C=O) groups excluding carboxylic acids is 1. The number of methoxy groups -OCH3 is 1. The smallest absolute Gasteiger partial charge is 0.354 e. The number of nitrogens with one attached hydrogen (secondary N) is 1. The molecule has 4 nitrogen and oxygen atoms in total. The van der Waals surface area contributed by atoms with Crippen LogP contribution in [0, 0.1) is 5.41 Å². The van der Waals surface area contributed by atoms with Gasteiger partial charge < -0.3 is 14.8 Å². The van der Waals surface area contributed by atoms with Crippen molar-refractivity contribution < 1.29 is 14.6 Å². The summed E-state index contributed by atoms with van der Waals surface area (Å²) in [5, 5.41) is 10.4. The minimum absolute atomic E-state index is 0.156. The molecular weight excluding hydrogens is 230 g/mol. The van der Waals surface area contributed by atoms with Crippen molar-refractivity contribution in [2.45, 2.75) is 46.1 Å². The van der Waals surface area contributed by atoms with Crippen LogP contribution in [-0.2, 0) is 17.6 Å². The maximum Gasteiger partial charge on any atom is 0.354 e. The Hall–Kier alpha value is -1.29. The van der Waals surface area contributed by atoms with Crippen molar-refractivity contribution >= 4 is 5.97 Å². The Kier molecular flexibility index (Phi) is 3.23. The highest BCUT2D eigenvalue weighted by molar-refractivity contribution is 5.90. The third-order valence-corrected chi connectivity index (χ3v) is 4.03. The summed E-state index contributed by atoms with van der Waals surface area (Å²) in [6, 6.07) is 0. The first-order valence-electron chi connectivity index (χ1n) is 6.42. The number of aromatic nitrogens is 1. The molecule has 1 unspecified atom stereocenters. The lowest BCUT2D eigenvalue weighted by Gasteiger charge is -2.35. The molecular formula is C14H21NO3. The molecule has 0 bridgehead atoms. The van der Waals surface area contributed by atoms with E-state index < -0.39 is 6.10 Å². The number of esters is 1. The second kappa shape index (κ2) is 4.43. The fraction of sp³-hybridized carbons (Fsp3) is 0.643. The molecule has 18 heavy (non-hydrogen) atoms. The van der Waals surface area contributed by atoms with E-state index in [2.05, 4.69) is 4.98 Å². The first-order valence-corrected chi connectivity index (χ1v) is 6.42. The van der Waals surface area contributed by atoms with E-state index in [0.29, 0.717) is 5.69 Å². The first-order chi connectivity index (χ1) is 8.42. The van der Waals surface area contributed by atoms with Crippen LogP contribution < -0.4 is 0 Å². The Morgan fingerprint density at radius 2 is 2.22 bits per heavy atom. The highest BCUT2D eigenvalue weighted by atomic mass is 16.5. The summed E-state index contributed by atoms with van der Waals surface area (Å²) in [4.78, 5) is 14.8. The van der Waals surface area contributed by atoms with Crippen LogP contribution in [-0.4, -0.2) is 23.2 Å². The second-order valence-electron chi connectivity index (χ2n) is 5.61. The van der Waals surface area contributed by atoms with Crippen LogP contribution >= 0.6 is 0 Å². The van der Waals surface area contributed by atoms with E-state index in [0.717, 1.165) is 36.1 Å². The molecule has 2 rings (SSSR count). The highest BCUT2D eigenvalue weighted by Crippen LogP contribution is 2.44. The van der Waals surface area contributed by atoms with E-state index in [1.807, 2.05) is 20.8 Å². The summed E-state index contributed by atoms with van der Waals surface area (Å²) in [5.41, 5.74) is 3.23. The van der Waals surface area contributed by atoms with E-state index >= 15 is 0 Å². The largest absolute Gasteiger partial charge is 0.464 e. The van der Waals surface area contributed by atoms with Crippen LogP contribution in [0.5, 0.6) is 0 Å². The number of aliphatic hydroxyl groups excluding tert-OH is 1. The molecule has 0 saturated carbocycles. The quantitative estimate of drug-likeness (QED) is 0.793. The molecule has 1 aromatic heterocycles. The number of hydrogen-bond acceptors (Lipinski definition) is 3. The molecule has 1 atom stereocenters. The average Bonchev–Trinajstić information content (AvgIpc) is 2.72. The predicted molar refractivity (Wildman–Crippen MR) is 68.6 cm³/mol. The lowest BCUT2D eigenvalue weighted by Crippen LogP contribution is -2.28. The molecule has 4 heteroatoms. The van der Waals surface area contributed by atoms with E-state index in [1.54, 1.807) is 0 Å². The third kappa shape index (κ3) is 1.85. The van der Waals surface area contributed by atoms with Gasteiger partial charge >= 0.3 is 5.97 Å². The summed E-state index contributed by atoms with van der Waals surface area (Å²) in [6.07, 6.45) is 2.04. The number of rotatable bonds is 2. The maximum absolute atomic E-state index is 11.7. The van der Waals surface area contributed by atoms with Crippen molar-refractivity contribution in [2.75, 3.05) is 7.11 Å². The minimum atomic E-state index is -0.551. The standard InChI is InChI=1S/C14H21NO3/c1-5-8-9-6-7-14(2,3)12(16)10(9)15-11(8)13(17)18-4/h12,15-16H,5-7H2,1-4H3. The molecule has 1 aliphatic carbocycles. The summed E-state index contributed by atoms with van der Waals surface area (Å²) >= 11 is 0. The van der Waals surface area contributed by atoms with Crippen molar-refractivity contribution in [3.63, 3.8) is 0 Å². The minimum Gasteiger partial charge on any atom is -0.464 e. The van der Waals surface area contributed by atoms with E-state index in [9.17, 15) is 9.90 Å². The number of carbonyl (C=O) groups is 1. The van der Waals surface area contributed by atoms with Crippen LogP contribution in [0.4, 0.5) is 0 Å². The zero-order valence-electron chi connectivity index (χ0n) is 11.5. The van der Waals surface area contributed by atoms with Gasteiger partial charge in [-0.1, -0.05) is 20.8 Å². The van der Waals surface area contributed by atoms with Crippen molar-refractivity contribution in [2.24, 2.45) is 5.41 Å². The predicted octanol–water partition coefficient (Wildman–Crippen LogP) is 2.37. The molecule has 0 aliphatic heterocycles. The molecule has 1 aromatic rings. The van der Waals surface area contributed by atoms with E-state index in [4.69, 9.17) is 4.74 Å². The molecule has 0 fully saturated rings. The Bertz CT molecular complexity index is 474. The van der Waals surface area contributed by atoms with E-state index in [-0.39, 0.29) is 11.4 Å². The number of H-pyrrole nitrogens is 1. The van der Waals surface area contributed by atoms with Gasteiger partial charge in [-0.05, 0) is 35.8 Å². The van der Waals surface area contributed by atoms with Gasteiger partial charge in [-0.15, -0.1) is 0 Å². The van der Waals surface area contributed by atoms with Crippen LogP contribution in [0.3, 0.4) is 0 Å². The number of aromatic amines is 1. The Balaban J connectivity index is 2.54. The van der Waals surface area contributed by atoms with Gasteiger partial charge in [-0.2, -0.15) is 0 Å². The summed E-state index contributed by atoms with van der Waals surface area (Å²) < 4.78 is 4.79. The molecule has 0 radical (unpaired) electrons. The summed E-state index contributed by atoms with van der Waals surface area (Å²) in [6.45, 7) is 6.11. The molecule has 0 amide bonds. The molecule has 1 heterocycles. The molecule has 0 saturated heterocycles. The normalized spacial score (nSPS) is 21.5. The lowest BCUT2D eigenvalue weighted by atomic mass is 9.74. The number of hydrogen-bond donors (Lipinski definition) is 2. The zero-order valence-corrected chi connectivity index (χ0v) is 11.5. The number of fused-ring (bicyclic) bond motifs is 1. The molecule has 1 aliphatic rings. The topological polar surface area (TPSA) is 62.3 Å². The highest BCUT2D eigenvalue weighted by Gasteiger charge is 2.38. The number of ether oxygens (including phenoxy) is 1. The summed E-state index contributed by atoms with van der Waals surface area (Å²) in [5.74, 6) is -0.355. The van der Waals surface area contributed by atoms with Crippen molar-refractivity contribution in [3.8, 4) is 0 Å². The third-order valence-electron chi connectivity index (χ3n) is 4.03. The van der Waals surface area contributed by atoms with Crippen LogP contribution in [0.1, 0.15) is 60.6 Å². The van der Waals surface area contributed by atoms with Gasteiger partial charge in [0.05, 0.1) is 13.2 Å². The van der Waals surface area contributed by atoms with Gasteiger partial charge in [0.15, 0.2) is 0 Å². The van der Waals surface area contributed by atoms with Crippen molar-refractivity contribution in [1.29, 1.82) is 0 Å².